The summed E-state index contributed by atoms with van der Waals surface area (Å²) in [4.78, 5) is 39.7. The second-order valence-electron chi connectivity index (χ2n) is 7.05. The predicted octanol–water partition coefficient (Wildman–Crippen LogP) is 1.95. The molecule has 2 aliphatic heterocycles. The minimum atomic E-state index is -0.345. The highest BCUT2D eigenvalue weighted by Crippen LogP contribution is 2.33. The molecule has 0 spiro atoms. The maximum Gasteiger partial charge on any atom is 0.293 e. The lowest BCUT2D eigenvalue weighted by Gasteiger charge is -2.17. The highest BCUT2D eigenvalue weighted by atomic mass is 35.5. The minimum Gasteiger partial charge on any atom is -0.349 e. The van der Waals surface area contributed by atoms with Gasteiger partial charge in [-0.3, -0.25) is 19.3 Å². The Balaban J connectivity index is 1.49. The molecule has 3 amide bonds. The molecule has 0 radical (unpaired) electrons. The number of halogens is 1. The zero-order chi connectivity index (χ0) is 19.9. The summed E-state index contributed by atoms with van der Waals surface area (Å²) in [6, 6.07) is 7.16. The van der Waals surface area contributed by atoms with Gasteiger partial charge < -0.3 is 10.2 Å². The summed E-state index contributed by atoms with van der Waals surface area (Å²) >= 11 is 7.02. The second-order valence-corrected chi connectivity index (χ2v) is 8.45. The number of thioether (sulfide) groups is 1. The van der Waals surface area contributed by atoms with Crippen LogP contribution >= 0.6 is 23.4 Å². The standard InChI is InChI=1S/C20H24ClN3O3S/c21-16-8-4-3-7-15(16)13-17-19(26)24(20(27)28-17)12-9-22-18(25)14-23-10-5-1-2-6-11-23/h3-4,7-8,13H,1-2,5-6,9-12,14H2,(H,22,25)/p+1/b17-13+. The maximum atomic E-state index is 12.5. The molecule has 2 aliphatic rings. The molecule has 1 aromatic carbocycles. The summed E-state index contributed by atoms with van der Waals surface area (Å²) in [7, 11) is 0. The van der Waals surface area contributed by atoms with E-state index in [1.807, 2.05) is 6.07 Å². The molecule has 0 aromatic heterocycles. The number of carbonyl (C=O) groups excluding carboxylic acids is 3. The van der Waals surface area contributed by atoms with Crippen LogP contribution in [0.5, 0.6) is 0 Å². The number of hydrogen-bond donors (Lipinski definition) is 2. The highest BCUT2D eigenvalue weighted by Gasteiger charge is 2.34. The van der Waals surface area contributed by atoms with Crippen molar-refractivity contribution in [2.75, 3.05) is 32.7 Å². The zero-order valence-electron chi connectivity index (χ0n) is 15.7. The second kappa shape index (κ2) is 10.1. The SMILES string of the molecule is O=C(C[NH+]1CCCCCC1)NCCN1C(=O)S/C(=C/c2ccccc2Cl)C1=O. The lowest BCUT2D eigenvalue weighted by atomic mass is 10.2. The molecule has 0 bridgehead atoms. The Bertz CT molecular complexity index is 776. The third-order valence-electron chi connectivity index (χ3n) is 4.94. The normalized spacial score (nSPS) is 19.9. The van der Waals surface area contributed by atoms with E-state index in [0.717, 1.165) is 37.7 Å². The number of quaternary nitrogens is 1. The van der Waals surface area contributed by atoms with E-state index in [1.165, 1.54) is 22.6 Å². The first-order valence-corrected chi connectivity index (χ1v) is 10.8. The Morgan fingerprint density at radius 1 is 1.18 bits per heavy atom. The van der Waals surface area contributed by atoms with Crippen LogP contribution in [0, 0.1) is 0 Å². The first-order chi connectivity index (χ1) is 13.5. The Kier molecular flexibility index (Phi) is 7.53. The van der Waals surface area contributed by atoms with Gasteiger partial charge in [0.05, 0.1) is 18.0 Å². The average molecular weight is 423 g/mol. The van der Waals surface area contributed by atoms with Gasteiger partial charge in [-0.05, 0) is 55.2 Å². The van der Waals surface area contributed by atoms with Crippen LogP contribution in [0.15, 0.2) is 29.2 Å². The molecule has 2 fully saturated rings. The van der Waals surface area contributed by atoms with Crippen LogP contribution in [-0.2, 0) is 9.59 Å². The van der Waals surface area contributed by atoms with Crippen molar-refractivity contribution >= 4 is 46.5 Å². The molecular formula is C20H25ClN3O3S+. The van der Waals surface area contributed by atoms with Gasteiger partial charge in [-0.15, -0.1) is 0 Å². The fraction of sp³-hybridized carbons (Fsp3) is 0.450. The van der Waals surface area contributed by atoms with Crippen molar-refractivity contribution in [3.05, 3.63) is 39.8 Å². The van der Waals surface area contributed by atoms with Crippen LogP contribution in [0.1, 0.15) is 31.2 Å². The van der Waals surface area contributed by atoms with Crippen molar-refractivity contribution in [3.8, 4) is 0 Å². The van der Waals surface area contributed by atoms with Crippen molar-refractivity contribution in [3.63, 3.8) is 0 Å². The first kappa shape index (κ1) is 20.9. The molecule has 6 nitrogen and oxygen atoms in total. The van der Waals surface area contributed by atoms with Gasteiger partial charge in [-0.25, -0.2) is 0 Å². The van der Waals surface area contributed by atoms with Crippen LogP contribution in [0.3, 0.4) is 0 Å². The molecular weight excluding hydrogens is 398 g/mol. The molecule has 150 valence electrons. The molecule has 2 N–H and O–H groups in total. The molecule has 2 saturated heterocycles. The molecule has 3 rings (SSSR count). The quantitative estimate of drug-likeness (QED) is 0.687. The van der Waals surface area contributed by atoms with Gasteiger partial charge in [-0.2, -0.15) is 0 Å². The molecule has 8 heteroatoms. The van der Waals surface area contributed by atoms with Crippen LogP contribution in [0.4, 0.5) is 4.79 Å². The Labute approximate surface area is 174 Å². The minimum absolute atomic E-state index is 0.0320. The van der Waals surface area contributed by atoms with Crippen LogP contribution in [-0.4, -0.2) is 54.7 Å². The van der Waals surface area contributed by atoms with E-state index in [4.69, 9.17) is 11.6 Å². The van der Waals surface area contributed by atoms with Gasteiger partial charge >= 0.3 is 0 Å². The lowest BCUT2D eigenvalue weighted by Crippen LogP contribution is -3.13. The lowest BCUT2D eigenvalue weighted by molar-refractivity contribution is -0.891. The highest BCUT2D eigenvalue weighted by molar-refractivity contribution is 8.18. The van der Waals surface area contributed by atoms with E-state index < -0.39 is 0 Å². The van der Waals surface area contributed by atoms with E-state index in [0.29, 0.717) is 22.0 Å². The zero-order valence-corrected chi connectivity index (χ0v) is 17.3. The Morgan fingerprint density at radius 3 is 2.61 bits per heavy atom. The molecule has 0 atom stereocenters. The number of carbonyl (C=O) groups is 3. The fourth-order valence-electron chi connectivity index (χ4n) is 3.43. The number of imide groups is 1. The van der Waals surface area contributed by atoms with Crippen LogP contribution in [0.25, 0.3) is 6.08 Å². The number of nitrogens with one attached hydrogen (secondary N) is 2. The third kappa shape index (κ3) is 5.59. The largest absolute Gasteiger partial charge is 0.349 e. The Hall–Kier alpha value is -1.83. The molecule has 0 aliphatic carbocycles. The summed E-state index contributed by atoms with van der Waals surface area (Å²) in [6.45, 7) is 2.95. The van der Waals surface area contributed by atoms with Crippen molar-refractivity contribution < 1.29 is 19.3 Å². The monoisotopic (exact) mass is 422 g/mol. The van der Waals surface area contributed by atoms with Gasteiger partial charge in [-0.1, -0.05) is 29.8 Å². The summed E-state index contributed by atoms with van der Waals surface area (Å²) in [5.74, 6) is -0.377. The molecule has 0 unspecified atom stereocenters. The van der Waals surface area contributed by atoms with Crippen molar-refractivity contribution in [1.82, 2.24) is 10.2 Å². The van der Waals surface area contributed by atoms with Crippen LogP contribution in [0.2, 0.25) is 5.02 Å². The van der Waals surface area contributed by atoms with Crippen LogP contribution < -0.4 is 10.2 Å². The number of amides is 3. The molecule has 0 saturated carbocycles. The topological polar surface area (TPSA) is 70.9 Å². The average Bonchev–Trinajstić information content (AvgIpc) is 2.84. The van der Waals surface area contributed by atoms with Gasteiger partial charge in [0.1, 0.15) is 0 Å². The van der Waals surface area contributed by atoms with Gasteiger partial charge in [0.15, 0.2) is 6.54 Å². The smallest absolute Gasteiger partial charge is 0.293 e. The van der Waals surface area contributed by atoms with Crippen molar-refractivity contribution in [2.24, 2.45) is 0 Å². The first-order valence-electron chi connectivity index (χ1n) is 9.65. The van der Waals surface area contributed by atoms with E-state index in [1.54, 1.807) is 24.3 Å². The number of nitrogens with zero attached hydrogens (tertiary/aromatic N) is 1. The van der Waals surface area contributed by atoms with E-state index >= 15 is 0 Å². The number of likely N-dealkylation sites (tertiary alicyclic amines) is 1. The van der Waals surface area contributed by atoms with Gasteiger partial charge in [0.25, 0.3) is 17.1 Å². The Morgan fingerprint density at radius 2 is 1.89 bits per heavy atom. The fourth-order valence-corrected chi connectivity index (χ4v) is 4.47. The number of rotatable bonds is 6. The van der Waals surface area contributed by atoms with E-state index in [9.17, 15) is 14.4 Å². The van der Waals surface area contributed by atoms with E-state index in [-0.39, 0.29) is 30.1 Å². The van der Waals surface area contributed by atoms with E-state index in [2.05, 4.69) is 5.32 Å². The third-order valence-corrected chi connectivity index (χ3v) is 6.20. The molecule has 2 heterocycles. The summed E-state index contributed by atoms with van der Waals surface area (Å²) in [5, 5.41) is 3.04. The molecule has 28 heavy (non-hydrogen) atoms. The van der Waals surface area contributed by atoms with Gasteiger partial charge in [0.2, 0.25) is 0 Å². The summed E-state index contributed by atoms with van der Waals surface area (Å²) < 4.78 is 0. The summed E-state index contributed by atoms with van der Waals surface area (Å²) in [6.07, 6.45) is 6.45. The van der Waals surface area contributed by atoms with Gasteiger partial charge in [0, 0.05) is 18.1 Å². The maximum absolute atomic E-state index is 12.5. The van der Waals surface area contributed by atoms with Crippen molar-refractivity contribution in [1.29, 1.82) is 0 Å². The predicted molar refractivity (Wildman–Crippen MR) is 111 cm³/mol. The number of hydrogen-bond acceptors (Lipinski definition) is 4. The molecule has 1 aromatic rings. The summed E-state index contributed by atoms with van der Waals surface area (Å²) in [5.41, 5.74) is 0.698. The van der Waals surface area contributed by atoms with Crippen molar-refractivity contribution in [2.45, 2.75) is 25.7 Å². The number of benzene rings is 1.